The molecule has 0 radical (unpaired) electrons. The molecule has 0 bridgehead atoms. The van der Waals surface area contributed by atoms with E-state index in [1.807, 2.05) is 0 Å². The first-order chi connectivity index (χ1) is 8.20. The van der Waals surface area contributed by atoms with Gasteiger partial charge in [-0.2, -0.15) is 0 Å². The maximum atomic E-state index is 13.1. The van der Waals surface area contributed by atoms with Crippen molar-refractivity contribution < 1.29 is 8.78 Å². The zero-order chi connectivity index (χ0) is 12.3. The molecule has 0 saturated carbocycles. The molecule has 1 heterocycles. The molecule has 17 heavy (non-hydrogen) atoms. The van der Waals surface area contributed by atoms with Crippen LogP contribution in [0.3, 0.4) is 0 Å². The molecule has 1 saturated heterocycles. The number of nitrogens with zero attached hydrogens (tertiary/aromatic N) is 1. The SMILES string of the molecule is NCC1CNCCN1Cc1ccc(F)c(F)c1. The van der Waals surface area contributed by atoms with Crippen LogP contribution in [0, 0.1) is 11.6 Å². The Bertz CT molecular complexity index is 384. The van der Waals surface area contributed by atoms with Crippen molar-refractivity contribution in [3.63, 3.8) is 0 Å². The second kappa shape index (κ2) is 5.53. The van der Waals surface area contributed by atoms with Crippen molar-refractivity contribution in [1.29, 1.82) is 0 Å². The standard InChI is InChI=1S/C12H17F2N3/c13-11-2-1-9(5-12(11)14)8-17-4-3-16-7-10(17)6-15/h1-2,5,10,16H,3-4,6-8,15H2. The Kier molecular flexibility index (Phi) is 4.04. The number of benzene rings is 1. The predicted molar refractivity (Wildman–Crippen MR) is 62.5 cm³/mol. The smallest absolute Gasteiger partial charge is 0.159 e. The van der Waals surface area contributed by atoms with E-state index in [1.54, 1.807) is 6.07 Å². The van der Waals surface area contributed by atoms with Crippen LogP contribution in [0.25, 0.3) is 0 Å². The Labute approximate surface area is 99.6 Å². The van der Waals surface area contributed by atoms with Gasteiger partial charge in [0.2, 0.25) is 0 Å². The molecular formula is C12H17F2N3. The van der Waals surface area contributed by atoms with Crippen LogP contribution >= 0.6 is 0 Å². The van der Waals surface area contributed by atoms with Gasteiger partial charge in [-0.1, -0.05) is 6.07 Å². The minimum atomic E-state index is -0.801. The summed E-state index contributed by atoms with van der Waals surface area (Å²) >= 11 is 0. The van der Waals surface area contributed by atoms with E-state index in [0.717, 1.165) is 25.2 Å². The van der Waals surface area contributed by atoms with Gasteiger partial charge in [0.15, 0.2) is 11.6 Å². The van der Waals surface area contributed by atoms with E-state index >= 15 is 0 Å². The number of halogens is 2. The first kappa shape index (κ1) is 12.4. The van der Waals surface area contributed by atoms with E-state index in [-0.39, 0.29) is 6.04 Å². The van der Waals surface area contributed by atoms with Crippen molar-refractivity contribution >= 4 is 0 Å². The molecule has 0 aromatic heterocycles. The molecule has 0 spiro atoms. The topological polar surface area (TPSA) is 41.3 Å². The number of nitrogens with one attached hydrogen (secondary N) is 1. The van der Waals surface area contributed by atoms with E-state index in [9.17, 15) is 8.78 Å². The van der Waals surface area contributed by atoms with Gasteiger partial charge in [0.05, 0.1) is 0 Å². The molecule has 1 unspecified atom stereocenters. The van der Waals surface area contributed by atoms with Gasteiger partial charge in [-0.25, -0.2) is 8.78 Å². The minimum Gasteiger partial charge on any atom is -0.329 e. The Morgan fingerprint density at radius 2 is 2.18 bits per heavy atom. The van der Waals surface area contributed by atoms with Crippen molar-refractivity contribution in [2.75, 3.05) is 26.2 Å². The molecule has 3 N–H and O–H groups in total. The molecule has 3 nitrogen and oxygen atoms in total. The lowest BCUT2D eigenvalue weighted by atomic mass is 10.1. The van der Waals surface area contributed by atoms with Gasteiger partial charge in [-0.05, 0) is 17.7 Å². The summed E-state index contributed by atoms with van der Waals surface area (Å²) < 4.78 is 25.9. The van der Waals surface area contributed by atoms with Crippen LogP contribution in [0.2, 0.25) is 0 Å². The van der Waals surface area contributed by atoms with E-state index < -0.39 is 11.6 Å². The molecule has 1 atom stereocenters. The van der Waals surface area contributed by atoms with Crippen LogP contribution in [0.1, 0.15) is 5.56 Å². The third-order valence-electron chi connectivity index (χ3n) is 3.11. The van der Waals surface area contributed by atoms with Crippen LogP contribution in [0.15, 0.2) is 18.2 Å². The summed E-state index contributed by atoms with van der Waals surface area (Å²) in [7, 11) is 0. The van der Waals surface area contributed by atoms with Crippen molar-refractivity contribution in [2.24, 2.45) is 5.73 Å². The third kappa shape index (κ3) is 3.00. The van der Waals surface area contributed by atoms with E-state index in [4.69, 9.17) is 5.73 Å². The van der Waals surface area contributed by atoms with Crippen LogP contribution in [-0.2, 0) is 6.54 Å². The normalized spacial score (nSPS) is 21.7. The Hall–Kier alpha value is -1.04. The summed E-state index contributed by atoms with van der Waals surface area (Å²) in [5.74, 6) is -1.59. The maximum Gasteiger partial charge on any atom is 0.159 e. The highest BCUT2D eigenvalue weighted by Crippen LogP contribution is 2.13. The van der Waals surface area contributed by atoms with Crippen molar-refractivity contribution in [3.05, 3.63) is 35.4 Å². The third-order valence-corrected chi connectivity index (χ3v) is 3.11. The average Bonchev–Trinajstić information content (AvgIpc) is 2.34. The predicted octanol–water partition coefficient (Wildman–Crippen LogP) is 0.697. The summed E-state index contributed by atoms with van der Waals surface area (Å²) in [6.07, 6.45) is 0. The highest BCUT2D eigenvalue weighted by Gasteiger charge is 2.20. The zero-order valence-corrected chi connectivity index (χ0v) is 9.63. The van der Waals surface area contributed by atoms with Crippen molar-refractivity contribution in [1.82, 2.24) is 10.2 Å². The maximum absolute atomic E-state index is 13.1. The van der Waals surface area contributed by atoms with Crippen molar-refractivity contribution in [3.8, 4) is 0 Å². The summed E-state index contributed by atoms with van der Waals surface area (Å²) in [6, 6.07) is 4.31. The largest absolute Gasteiger partial charge is 0.329 e. The molecule has 1 aliphatic rings. The lowest BCUT2D eigenvalue weighted by molar-refractivity contribution is 0.157. The van der Waals surface area contributed by atoms with E-state index in [1.165, 1.54) is 12.1 Å². The number of hydrogen-bond acceptors (Lipinski definition) is 3. The van der Waals surface area contributed by atoms with E-state index in [2.05, 4.69) is 10.2 Å². The summed E-state index contributed by atoms with van der Waals surface area (Å²) in [4.78, 5) is 2.20. The van der Waals surface area contributed by atoms with Gasteiger partial charge < -0.3 is 11.1 Å². The first-order valence-corrected chi connectivity index (χ1v) is 5.79. The molecule has 94 valence electrons. The summed E-state index contributed by atoms with van der Waals surface area (Å²) in [6.45, 7) is 3.80. The number of rotatable bonds is 3. The summed E-state index contributed by atoms with van der Waals surface area (Å²) in [5, 5.41) is 3.27. The second-order valence-corrected chi connectivity index (χ2v) is 4.31. The fourth-order valence-electron chi connectivity index (χ4n) is 2.12. The molecule has 5 heteroatoms. The lowest BCUT2D eigenvalue weighted by Crippen LogP contribution is -2.53. The highest BCUT2D eigenvalue weighted by molar-refractivity contribution is 5.18. The second-order valence-electron chi connectivity index (χ2n) is 4.31. The van der Waals surface area contributed by atoms with Gasteiger partial charge in [0.1, 0.15) is 0 Å². The van der Waals surface area contributed by atoms with Crippen molar-refractivity contribution in [2.45, 2.75) is 12.6 Å². The van der Waals surface area contributed by atoms with Gasteiger partial charge in [-0.3, -0.25) is 4.90 Å². The number of hydrogen-bond donors (Lipinski definition) is 2. The zero-order valence-electron chi connectivity index (χ0n) is 9.63. The van der Waals surface area contributed by atoms with Gasteiger partial charge in [0.25, 0.3) is 0 Å². The highest BCUT2D eigenvalue weighted by atomic mass is 19.2. The molecular weight excluding hydrogens is 224 g/mol. The van der Waals surface area contributed by atoms with Gasteiger partial charge in [-0.15, -0.1) is 0 Å². The van der Waals surface area contributed by atoms with Gasteiger partial charge in [0, 0.05) is 38.8 Å². The quantitative estimate of drug-likeness (QED) is 0.818. The van der Waals surface area contributed by atoms with Gasteiger partial charge >= 0.3 is 0 Å². The number of piperazine rings is 1. The Morgan fingerprint density at radius 3 is 2.88 bits per heavy atom. The molecule has 2 rings (SSSR count). The average molecular weight is 241 g/mol. The minimum absolute atomic E-state index is 0.261. The van der Waals surface area contributed by atoms with Crippen LogP contribution in [0.4, 0.5) is 8.78 Å². The lowest BCUT2D eigenvalue weighted by Gasteiger charge is -2.35. The molecule has 1 aliphatic heterocycles. The molecule has 1 aromatic rings. The fraction of sp³-hybridized carbons (Fsp3) is 0.500. The molecule has 0 amide bonds. The van der Waals surface area contributed by atoms with E-state index in [0.29, 0.717) is 13.1 Å². The number of nitrogens with two attached hydrogens (primary N) is 1. The molecule has 1 fully saturated rings. The molecule has 1 aromatic carbocycles. The van der Waals surface area contributed by atoms with Crippen LogP contribution < -0.4 is 11.1 Å². The van der Waals surface area contributed by atoms with Crippen LogP contribution in [-0.4, -0.2) is 37.1 Å². The van der Waals surface area contributed by atoms with Crippen LogP contribution in [0.5, 0.6) is 0 Å². The summed E-state index contributed by atoms with van der Waals surface area (Å²) in [5.41, 5.74) is 6.47. The Morgan fingerprint density at radius 1 is 1.35 bits per heavy atom. The first-order valence-electron chi connectivity index (χ1n) is 5.79. The molecule has 0 aliphatic carbocycles. The Balaban J connectivity index is 2.05. The monoisotopic (exact) mass is 241 g/mol. The fourth-order valence-corrected chi connectivity index (χ4v) is 2.12.